The quantitative estimate of drug-likeness (QED) is 0.623. The first-order chi connectivity index (χ1) is 13.7. The zero-order valence-corrected chi connectivity index (χ0v) is 17.7. The molecule has 3 aromatic rings. The topological polar surface area (TPSA) is 102 Å². The first-order valence-electron chi connectivity index (χ1n) is 9.78. The van der Waals surface area contributed by atoms with E-state index in [0.717, 1.165) is 21.9 Å². The number of fused-ring (bicyclic) bond motifs is 1. The number of hydrogen-bond acceptors (Lipinski definition) is 5. The summed E-state index contributed by atoms with van der Waals surface area (Å²) in [6, 6.07) is 7.24. The minimum absolute atomic E-state index is 0.0775. The molecular weight excluding hydrogens is 390 g/mol. The highest BCUT2D eigenvalue weighted by molar-refractivity contribution is 7.91. The second kappa shape index (κ2) is 7.38. The molecule has 1 unspecified atom stereocenters. The third-order valence-electron chi connectivity index (χ3n) is 5.64. The molecule has 9 heteroatoms. The van der Waals surface area contributed by atoms with Gasteiger partial charge >= 0.3 is 0 Å². The van der Waals surface area contributed by atoms with Crippen molar-refractivity contribution in [1.82, 2.24) is 19.7 Å². The van der Waals surface area contributed by atoms with Crippen molar-refractivity contribution in [3.05, 3.63) is 57.4 Å². The van der Waals surface area contributed by atoms with Gasteiger partial charge in [-0.05, 0) is 32.4 Å². The average molecular weight is 417 g/mol. The second-order valence-corrected chi connectivity index (χ2v) is 10.2. The van der Waals surface area contributed by atoms with Gasteiger partial charge in [-0.2, -0.15) is 5.10 Å². The summed E-state index contributed by atoms with van der Waals surface area (Å²) in [6.45, 7) is 5.25. The molecule has 4 rings (SSSR count). The Bertz CT molecular complexity index is 1230. The van der Waals surface area contributed by atoms with Gasteiger partial charge in [0.1, 0.15) is 13.1 Å². The van der Waals surface area contributed by atoms with Crippen molar-refractivity contribution in [1.29, 1.82) is 0 Å². The number of benzene rings is 1. The molecule has 1 saturated heterocycles. The lowest BCUT2D eigenvalue weighted by Gasteiger charge is -2.15. The molecule has 3 heterocycles. The predicted octanol–water partition coefficient (Wildman–Crippen LogP) is 0.311. The van der Waals surface area contributed by atoms with E-state index in [1.54, 1.807) is 6.07 Å². The van der Waals surface area contributed by atoms with Crippen LogP contribution in [0.5, 0.6) is 0 Å². The zero-order valence-electron chi connectivity index (χ0n) is 16.9. The van der Waals surface area contributed by atoms with Crippen LogP contribution in [0.2, 0.25) is 0 Å². The lowest BCUT2D eigenvalue weighted by Crippen LogP contribution is -3.06. The summed E-state index contributed by atoms with van der Waals surface area (Å²) >= 11 is 0. The number of para-hydroxylation sites is 1. The highest BCUT2D eigenvalue weighted by Crippen LogP contribution is 2.26. The summed E-state index contributed by atoms with van der Waals surface area (Å²) < 4.78 is 25.6. The van der Waals surface area contributed by atoms with E-state index in [2.05, 4.69) is 15.1 Å². The molecule has 0 spiro atoms. The normalized spacial score (nSPS) is 19.6. The van der Waals surface area contributed by atoms with E-state index in [1.165, 1.54) is 0 Å². The van der Waals surface area contributed by atoms with E-state index in [4.69, 9.17) is 0 Å². The molecule has 1 aliphatic rings. The van der Waals surface area contributed by atoms with Crippen molar-refractivity contribution in [3.8, 4) is 0 Å². The van der Waals surface area contributed by atoms with Gasteiger partial charge in [0.25, 0.3) is 5.56 Å². The maximum atomic E-state index is 12.3. The number of hydrogen-bond donors (Lipinski definition) is 2. The molecule has 29 heavy (non-hydrogen) atoms. The molecule has 8 nitrogen and oxygen atoms in total. The number of quaternary nitrogens is 1. The Morgan fingerprint density at radius 1 is 1.24 bits per heavy atom. The number of aryl methyl sites for hydroxylation is 1. The predicted molar refractivity (Wildman–Crippen MR) is 111 cm³/mol. The average Bonchev–Trinajstić information content (AvgIpc) is 3.15. The van der Waals surface area contributed by atoms with Gasteiger partial charge in [0.2, 0.25) is 0 Å². The smallest absolute Gasteiger partial charge is 0.258 e. The fourth-order valence-corrected chi connectivity index (χ4v) is 5.84. The standard InChI is InChI=1S/C20H25N5O3S/c1-13-17(14(2)25(23-13)15-8-9-29(27,28)12-15)10-24(3)11-19-21-18-7-5-4-6-16(18)20(26)22-19/h4-7,15H,8-12H2,1-3H3,(H,21,22,26)/p+1/t15-/m1/s1. The third kappa shape index (κ3) is 3.97. The van der Waals surface area contributed by atoms with Crippen molar-refractivity contribution in [2.75, 3.05) is 18.6 Å². The first kappa shape index (κ1) is 19.8. The third-order valence-corrected chi connectivity index (χ3v) is 7.39. The highest BCUT2D eigenvalue weighted by atomic mass is 32.2. The molecule has 1 aromatic carbocycles. The Labute approximate surface area is 169 Å². The van der Waals surface area contributed by atoms with E-state index < -0.39 is 9.84 Å². The van der Waals surface area contributed by atoms with E-state index in [1.807, 2.05) is 43.8 Å². The Morgan fingerprint density at radius 2 is 2.00 bits per heavy atom. The lowest BCUT2D eigenvalue weighted by atomic mass is 10.1. The van der Waals surface area contributed by atoms with Gasteiger partial charge in [-0.15, -0.1) is 0 Å². The van der Waals surface area contributed by atoms with Gasteiger partial charge in [0.15, 0.2) is 15.7 Å². The number of nitrogens with one attached hydrogen (secondary N) is 2. The Morgan fingerprint density at radius 3 is 2.72 bits per heavy atom. The Hall–Kier alpha value is -2.52. The van der Waals surface area contributed by atoms with Crippen LogP contribution < -0.4 is 10.5 Å². The summed E-state index contributed by atoms with van der Waals surface area (Å²) in [7, 11) is -0.911. The molecule has 0 amide bonds. The Kier molecular flexibility index (Phi) is 5.04. The molecule has 1 aliphatic heterocycles. The van der Waals surface area contributed by atoms with Crippen molar-refractivity contribution in [3.63, 3.8) is 0 Å². The van der Waals surface area contributed by atoms with Gasteiger partial charge in [-0.1, -0.05) is 12.1 Å². The summed E-state index contributed by atoms with van der Waals surface area (Å²) in [5.41, 5.74) is 3.63. The number of sulfone groups is 1. The van der Waals surface area contributed by atoms with Crippen LogP contribution >= 0.6 is 0 Å². The van der Waals surface area contributed by atoms with Crippen LogP contribution in [0, 0.1) is 13.8 Å². The minimum atomic E-state index is -2.96. The van der Waals surface area contributed by atoms with Gasteiger partial charge in [0.05, 0.1) is 46.8 Å². The van der Waals surface area contributed by atoms with E-state index in [9.17, 15) is 13.2 Å². The maximum Gasteiger partial charge on any atom is 0.258 e. The largest absolute Gasteiger partial charge is 0.327 e. The minimum Gasteiger partial charge on any atom is -0.327 e. The van der Waals surface area contributed by atoms with Gasteiger partial charge in [-0.3, -0.25) is 9.48 Å². The van der Waals surface area contributed by atoms with E-state index in [-0.39, 0.29) is 23.1 Å². The summed E-state index contributed by atoms with van der Waals surface area (Å²) in [6.07, 6.45) is 0.620. The van der Waals surface area contributed by atoms with Crippen LogP contribution in [0.1, 0.15) is 35.2 Å². The fraction of sp³-hybridized carbons (Fsp3) is 0.450. The van der Waals surface area contributed by atoms with E-state index in [0.29, 0.717) is 36.2 Å². The number of aromatic amines is 1. The van der Waals surface area contributed by atoms with Crippen molar-refractivity contribution < 1.29 is 13.3 Å². The summed E-state index contributed by atoms with van der Waals surface area (Å²) in [5.74, 6) is 1.05. The number of aromatic nitrogens is 4. The van der Waals surface area contributed by atoms with Crippen LogP contribution in [0.25, 0.3) is 10.9 Å². The molecule has 0 radical (unpaired) electrons. The summed E-state index contributed by atoms with van der Waals surface area (Å²) in [4.78, 5) is 20.9. The molecule has 0 aliphatic carbocycles. The monoisotopic (exact) mass is 416 g/mol. The van der Waals surface area contributed by atoms with Crippen LogP contribution in [0.3, 0.4) is 0 Å². The fourth-order valence-electron chi connectivity index (χ4n) is 4.15. The van der Waals surface area contributed by atoms with Crippen molar-refractivity contribution in [2.24, 2.45) is 0 Å². The molecule has 0 bridgehead atoms. The van der Waals surface area contributed by atoms with Crippen LogP contribution in [-0.2, 0) is 22.9 Å². The number of H-pyrrole nitrogens is 1. The second-order valence-electron chi connectivity index (χ2n) is 7.99. The molecular formula is C20H26N5O3S+. The summed E-state index contributed by atoms with van der Waals surface area (Å²) in [5, 5.41) is 5.23. The van der Waals surface area contributed by atoms with Crippen LogP contribution in [0.4, 0.5) is 0 Å². The molecule has 2 N–H and O–H groups in total. The molecule has 1 fully saturated rings. The zero-order chi connectivity index (χ0) is 20.8. The van der Waals surface area contributed by atoms with Crippen LogP contribution in [0.15, 0.2) is 29.1 Å². The Balaban J connectivity index is 1.53. The molecule has 154 valence electrons. The lowest BCUT2D eigenvalue weighted by molar-refractivity contribution is -0.908. The van der Waals surface area contributed by atoms with Crippen molar-refractivity contribution >= 4 is 20.7 Å². The molecule has 2 aromatic heterocycles. The van der Waals surface area contributed by atoms with Gasteiger partial charge in [-0.25, -0.2) is 13.4 Å². The highest BCUT2D eigenvalue weighted by Gasteiger charge is 2.31. The number of nitrogens with zero attached hydrogens (tertiary/aromatic N) is 3. The van der Waals surface area contributed by atoms with Crippen LogP contribution in [-0.4, -0.2) is 46.7 Å². The number of rotatable bonds is 5. The maximum absolute atomic E-state index is 12.3. The SMILES string of the molecule is Cc1nn([C@@H]2CCS(=O)(=O)C2)c(C)c1C[NH+](C)Cc1nc2ccccc2c(=O)[nH]1. The first-order valence-corrected chi connectivity index (χ1v) is 11.6. The van der Waals surface area contributed by atoms with Gasteiger partial charge < -0.3 is 9.88 Å². The van der Waals surface area contributed by atoms with Gasteiger partial charge in [0, 0.05) is 5.69 Å². The molecule has 0 saturated carbocycles. The van der Waals surface area contributed by atoms with E-state index >= 15 is 0 Å². The van der Waals surface area contributed by atoms with Crippen molar-refractivity contribution in [2.45, 2.75) is 39.4 Å². The molecule has 2 atom stereocenters.